The second-order valence-electron chi connectivity index (χ2n) is 6.70. The molecule has 1 saturated carbocycles. The lowest BCUT2D eigenvalue weighted by Gasteiger charge is -2.12. The molecule has 2 aromatic heterocycles. The molecule has 0 radical (unpaired) electrons. The van der Waals surface area contributed by atoms with Crippen LogP contribution in [-0.4, -0.2) is 39.0 Å². The molecule has 1 aliphatic rings. The van der Waals surface area contributed by atoms with Crippen LogP contribution < -0.4 is 5.14 Å². The van der Waals surface area contributed by atoms with E-state index >= 15 is 0 Å². The average molecular weight is 385 g/mol. The Bertz CT molecular complexity index is 1030. The molecular weight excluding hydrogens is 366 g/mol. The van der Waals surface area contributed by atoms with Crippen molar-refractivity contribution < 1.29 is 8.42 Å². The molecule has 0 aliphatic heterocycles. The quantitative estimate of drug-likeness (QED) is 0.681. The van der Waals surface area contributed by atoms with Crippen molar-refractivity contribution in [2.24, 2.45) is 11.1 Å². The van der Waals surface area contributed by atoms with Gasteiger partial charge in [-0.25, -0.2) is 23.5 Å². The Morgan fingerprint density at radius 2 is 1.89 bits per heavy atom. The van der Waals surface area contributed by atoms with Crippen LogP contribution in [0.2, 0.25) is 0 Å². The molecule has 3 aromatic rings. The second kappa shape index (κ2) is 7.12. The number of hydrogen-bond acceptors (Lipinski definition) is 7. The van der Waals surface area contributed by atoms with Crippen molar-refractivity contribution in [1.29, 1.82) is 0 Å². The Kier molecular flexibility index (Phi) is 4.66. The van der Waals surface area contributed by atoms with Crippen molar-refractivity contribution in [1.82, 2.24) is 30.6 Å². The summed E-state index contributed by atoms with van der Waals surface area (Å²) in [7, 11) is -3.98. The van der Waals surface area contributed by atoms with Crippen LogP contribution in [0.4, 0.5) is 0 Å². The van der Waals surface area contributed by atoms with Gasteiger partial charge in [-0.15, -0.1) is 10.2 Å². The summed E-state index contributed by atoms with van der Waals surface area (Å²) in [6.07, 6.45) is 9.27. The minimum Gasteiger partial charge on any atom is -0.241 e. The molecule has 0 amide bonds. The Balaban J connectivity index is 1.75. The van der Waals surface area contributed by atoms with Crippen molar-refractivity contribution in [2.45, 2.75) is 37.0 Å². The highest BCUT2D eigenvalue weighted by Gasteiger charge is 2.23. The van der Waals surface area contributed by atoms with E-state index in [0.717, 1.165) is 12.2 Å². The van der Waals surface area contributed by atoms with Gasteiger partial charge in [-0.05, 0) is 22.8 Å². The molecule has 1 fully saturated rings. The summed E-state index contributed by atoms with van der Waals surface area (Å²) in [5.74, 6) is 1.59. The molecule has 140 valence electrons. The third kappa shape index (κ3) is 3.71. The Labute approximate surface area is 156 Å². The largest absolute Gasteiger partial charge is 0.241 e. The molecule has 0 spiro atoms. The third-order valence-corrected chi connectivity index (χ3v) is 5.82. The highest BCUT2D eigenvalue weighted by Crippen LogP contribution is 2.34. The fourth-order valence-electron chi connectivity index (χ4n) is 3.58. The summed E-state index contributed by atoms with van der Waals surface area (Å²) in [5, 5.41) is 19.1. The molecule has 27 heavy (non-hydrogen) atoms. The second-order valence-corrected chi connectivity index (χ2v) is 8.23. The zero-order valence-corrected chi connectivity index (χ0v) is 15.4. The van der Waals surface area contributed by atoms with Crippen LogP contribution in [-0.2, 0) is 16.4 Å². The van der Waals surface area contributed by atoms with E-state index in [0.29, 0.717) is 17.0 Å². The lowest BCUT2D eigenvalue weighted by atomic mass is 10.0. The van der Waals surface area contributed by atoms with Gasteiger partial charge in [0.2, 0.25) is 15.8 Å². The summed E-state index contributed by atoms with van der Waals surface area (Å²) in [6.45, 7) is 0. The lowest BCUT2D eigenvalue weighted by molar-refractivity contribution is 0.530. The van der Waals surface area contributed by atoms with E-state index in [4.69, 9.17) is 5.14 Å². The topological polar surface area (TPSA) is 140 Å². The highest BCUT2D eigenvalue weighted by atomic mass is 32.2. The van der Waals surface area contributed by atoms with Crippen LogP contribution in [0.5, 0.6) is 0 Å². The van der Waals surface area contributed by atoms with Gasteiger partial charge in [0.1, 0.15) is 5.82 Å². The summed E-state index contributed by atoms with van der Waals surface area (Å²) in [5.41, 5.74) is 1.52. The van der Waals surface area contributed by atoms with Crippen LogP contribution in [0.15, 0.2) is 35.5 Å². The molecule has 4 rings (SSSR count). The monoisotopic (exact) mass is 385 g/mol. The first-order valence-corrected chi connectivity index (χ1v) is 10.3. The number of primary sulfonamides is 1. The van der Waals surface area contributed by atoms with Crippen molar-refractivity contribution in [3.05, 3.63) is 36.4 Å². The number of rotatable bonds is 5. The molecule has 10 heteroatoms. The van der Waals surface area contributed by atoms with Crippen LogP contribution in [0.25, 0.3) is 22.5 Å². The predicted molar refractivity (Wildman–Crippen MR) is 97.7 cm³/mol. The first-order valence-electron chi connectivity index (χ1n) is 8.73. The third-order valence-electron chi connectivity index (χ3n) is 4.86. The molecular formula is C17H19N7O2S. The zero-order chi connectivity index (χ0) is 18.9. The summed E-state index contributed by atoms with van der Waals surface area (Å²) >= 11 is 0. The molecule has 0 bridgehead atoms. The number of nitrogens with zero attached hydrogens (tertiary/aromatic N) is 5. The van der Waals surface area contributed by atoms with Gasteiger partial charge in [-0.3, -0.25) is 0 Å². The summed E-state index contributed by atoms with van der Waals surface area (Å²) in [6, 6.07) is 4.79. The maximum atomic E-state index is 12.0. The van der Waals surface area contributed by atoms with Gasteiger partial charge in [0.15, 0.2) is 0 Å². The Hall–Kier alpha value is -2.72. The average Bonchev–Trinajstić information content (AvgIpc) is 3.35. The molecule has 1 aliphatic carbocycles. The molecule has 0 unspecified atom stereocenters. The highest BCUT2D eigenvalue weighted by molar-refractivity contribution is 7.89. The van der Waals surface area contributed by atoms with Gasteiger partial charge in [0.05, 0.1) is 10.5 Å². The number of nitrogens with one attached hydrogen (secondary N) is 1. The van der Waals surface area contributed by atoms with Crippen LogP contribution in [0.1, 0.15) is 31.5 Å². The summed E-state index contributed by atoms with van der Waals surface area (Å²) in [4.78, 5) is 8.88. The van der Waals surface area contributed by atoms with E-state index < -0.39 is 10.0 Å². The van der Waals surface area contributed by atoms with E-state index in [2.05, 4.69) is 30.6 Å². The number of sulfonamides is 1. The van der Waals surface area contributed by atoms with Crippen LogP contribution >= 0.6 is 0 Å². The number of aromatic amines is 1. The smallest absolute Gasteiger partial charge is 0.238 e. The minimum absolute atomic E-state index is 0.0727. The van der Waals surface area contributed by atoms with Crippen molar-refractivity contribution in [3.8, 4) is 22.5 Å². The number of H-pyrrole nitrogens is 1. The van der Waals surface area contributed by atoms with E-state index in [9.17, 15) is 8.42 Å². The molecule has 2 heterocycles. The van der Waals surface area contributed by atoms with Gasteiger partial charge in [-0.1, -0.05) is 37.8 Å². The van der Waals surface area contributed by atoms with E-state index in [1.165, 1.54) is 31.7 Å². The van der Waals surface area contributed by atoms with E-state index in [1.54, 1.807) is 24.5 Å². The number of benzene rings is 1. The number of tetrazole rings is 1. The van der Waals surface area contributed by atoms with Crippen molar-refractivity contribution in [2.75, 3.05) is 0 Å². The molecule has 9 nitrogen and oxygen atoms in total. The number of nitrogens with two attached hydrogens (primary N) is 1. The maximum Gasteiger partial charge on any atom is 0.238 e. The van der Waals surface area contributed by atoms with Crippen molar-refractivity contribution >= 4 is 10.0 Å². The SMILES string of the molecule is NS(=O)(=O)c1cccc(-c2cnc(CC3CCCC3)nc2)c1-c1nn[nH]n1. The fourth-order valence-corrected chi connectivity index (χ4v) is 4.33. The number of hydrogen-bond donors (Lipinski definition) is 2. The maximum absolute atomic E-state index is 12.0. The normalized spacial score (nSPS) is 15.3. The number of aromatic nitrogens is 6. The first-order chi connectivity index (χ1) is 13.0. The molecule has 0 saturated heterocycles. The predicted octanol–water partition coefficient (Wildman–Crippen LogP) is 1.70. The van der Waals surface area contributed by atoms with Crippen LogP contribution in [0, 0.1) is 5.92 Å². The van der Waals surface area contributed by atoms with E-state index in [1.807, 2.05) is 0 Å². The van der Waals surface area contributed by atoms with Gasteiger partial charge < -0.3 is 0 Å². The van der Waals surface area contributed by atoms with Crippen molar-refractivity contribution in [3.63, 3.8) is 0 Å². The fraction of sp³-hybridized carbons (Fsp3) is 0.353. The van der Waals surface area contributed by atoms with E-state index in [-0.39, 0.29) is 16.3 Å². The molecule has 3 N–H and O–H groups in total. The van der Waals surface area contributed by atoms with Gasteiger partial charge >= 0.3 is 0 Å². The zero-order valence-electron chi connectivity index (χ0n) is 14.5. The Morgan fingerprint density at radius 1 is 1.15 bits per heavy atom. The lowest BCUT2D eigenvalue weighted by Crippen LogP contribution is -2.14. The van der Waals surface area contributed by atoms with Gasteiger partial charge in [0.25, 0.3) is 0 Å². The van der Waals surface area contributed by atoms with Gasteiger partial charge in [0, 0.05) is 24.4 Å². The molecule has 1 aromatic carbocycles. The van der Waals surface area contributed by atoms with Gasteiger partial charge in [-0.2, -0.15) is 5.21 Å². The van der Waals surface area contributed by atoms with Crippen LogP contribution in [0.3, 0.4) is 0 Å². The minimum atomic E-state index is -3.98. The first kappa shape index (κ1) is 17.7. The standard InChI is InChI=1S/C17H19N7O2S/c18-27(25,26)14-7-3-6-13(16(14)17-21-23-24-22-17)12-9-19-15(20-10-12)8-11-4-1-2-5-11/h3,6-7,9-11H,1-2,4-5,8H2,(H2,18,25,26)(H,21,22,23,24). The summed E-state index contributed by atoms with van der Waals surface area (Å²) < 4.78 is 24.1. The molecule has 0 atom stereocenters. The Morgan fingerprint density at radius 3 is 2.52 bits per heavy atom.